The molecule has 0 bridgehead atoms. The molecule has 0 saturated heterocycles. The lowest BCUT2D eigenvalue weighted by Crippen LogP contribution is -2.54. The number of carbonyl (C=O) groups excluding carboxylic acids is 2. The molecule has 0 unspecified atom stereocenters. The van der Waals surface area contributed by atoms with Crippen molar-refractivity contribution in [1.82, 2.24) is 10.6 Å². The van der Waals surface area contributed by atoms with Gasteiger partial charge in [-0.1, -0.05) is 68.1 Å². The van der Waals surface area contributed by atoms with Gasteiger partial charge in [0, 0.05) is 23.1 Å². The first-order chi connectivity index (χ1) is 15.6. The van der Waals surface area contributed by atoms with E-state index in [0.29, 0.717) is 12.0 Å². The molecule has 2 aromatic carbocycles. The highest BCUT2D eigenvalue weighted by Gasteiger charge is 2.52. The number of hydrogen-bond donors (Lipinski definition) is 2. The van der Waals surface area contributed by atoms with Gasteiger partial charge in [0.2, 0.25) is 5.91 Å². The Kier molecular flexibility index (Phi) is 8.67. The molecule has 4 nitrogen and oxygen atoms in total. The first-order valence-corrected chi connectivity index (χ1v) is 12.9. The van der Waals surface area contributed by atoms with E-state index < -0.39 is 20.7 Å². The smallest absolute Gasteiger partial charge is 0.251 e. The number of rotatable bonds is 8. The molecular weight excluding hydrogens is 577 g/mol. The van der Waals surface area contributed by atoms with Gasteiger partial charge in [0.05, 0.1) is 16.0 Å². The van der Waals surface area contributed by atoms with Crippen LogP contribution in [0.25, 0.3) is 0 Å². The van der Waals surface area contributed by atoms with Crippen LogP contribution in [0.15, 0.2) is 42.5 Å². The second-order valence-corrected chi connectivity index (χ2v) is 11.2. The minimum absolute atomic E-state index is 0.116. The quantitative estimate of drug-likeness (QED) is 0.149. The van der Waals surface area contributed by atoms with Gasteiger partial charge in [0.15, 0.2) is 0 Å². The van der Waals surface area contributed by atoms with E-state index in [1.807, 2.05) is 13.0 Å². The normalized spacial score (nSPS) is 17.8. The Balaban J connectivity index is 1.87. The zero-order valence-corrected chi connectivity index (χ0v) is 22.4. The summed E-state index contributed by atoms with van der Waals surface area (Å²) in [5, 5.41) is 6.33. The van der Waals surface area contributed by atoms with Crippen molar-refractivity contribution in [3.05, 3.63) is 69.5 Å². The summed E-state index contributed by atoms with van der Waals surface area (Å²) in [6, 6.07) is 11.6. The van der Waals surface area contributed by atoms with Crippen molar-refractivity contribution < 1.29 is 14.0 Å². The van der Waals surface area contributed by atoms with Crippen LogP contribution in [0.2, 0.25) is 10.0 Å². The maximum atomic E-state index is 15.2. The van der Waals surface area contributed by atoms with Crippen LogP contribution in [0.3, 0.4) is 0 Å². The van der Waals surface area contributed by atoms with Gasteiger partial charge < -0.3 is 10.6 Å². The van der Waals surface area contributed by atoms with Crippen LogP contribution in [0, 0.1) is 17.2 Å². The first kappa shape index (κ1) is 26.2. The van der Waals surface area contributed by atoms with Crippen molar-refractivity contribution in [3.63, 3.8) is 0 Å². The maximum Gasteiger partial charge on any atom is 0.251 e. The Morgan fingerprint density at radius 3 is 2.39 bits per heavy atom. The van der Waals surface area contributed by atoms with Gasteiger partial charge in [0.1, 0.15) is 9.36 Å². The molecule has 1 aliphatic rings. The Morgan fingerprint density at radius 1 is 1.15 bits per heavy atom. The maximum absolute atomic E-state index is 15.2. The molecular formula is C25H28Cl2FIN2O2. The molecule has 2 N–H and O–H groups in total. The van der Waals surface area contributed by atoms with Crippen molar-refractivity contribution in [1.29, 1.82) is 0 Å². The number of amides is 2. The summed E-state index contributed by atoms with van der Waals surface area (Å²) in [5.74, 6) is -1.49. The molecule has 8 heteroatoms. The molecule has 0 radical (unpaired) electrons. The summed E-state index contributed by atoms with van der Waals surface area (Å²) in [4.78, 5) is 25.9. The third kappa shape index (κ3) is 5.49. The second-order valence-electron chi connectivity index (χ2n) is 8.81. The van der Waals surface area contributed by atoms with E-state index in [1.54, 1.807) is 24.3 Å². The summed E-state index contributed by atoms with van der Waals surface area (Å²) >= 11 is 14.9. The summed E-state index contributed by atoms with van der Waals surface area (Å²) < 4.78 is 14.1. The Labute approximate surface area is 218 Å². The number of alkyl halides is 1. The molecule has 0 aromatic heterocycles. The van der Waals surface area contributed by atoms with Crippen LogP contribution in [-0.2, 0) is 8.34 Å². The second kappa shape index (κ2) is 10.9. The average Bonchev–Trinajstić information content (AvgIpc) is 3.25. The summed E-state index contributed by atoms with van der Waals surface area (Å²) in [6.45, 7) is 4.12. The molecule has 1 fully saturated rings. The predicted molar refractivity (Wildman–Crippen MR) is 139 cm³/mol. The van der Waals surface area contributed by atoms with Crippen LogP contribution < -0.4 is 10.6 Å². The summed E-state index contributed by atoms with van der Waals surface area (Å²) in [7, 11) is 0. The summed E-state index contributed by atoms with van der Waals surface area (Å²) in [5.41, 5.74) is 0.324. The van der Waals surface area contributed by atoms with Crippen molar-refractivity contribution in [3.8, 4) is 0 Å². The Morgan fingerprint density at radius 2 is 1.79 bits per heavy atom. The lowest BCUT2D eigenvalue weighted by Gasteiger charge is -2.45. The van der Waals surface area contributed by atoms with Crippen molar-refractivity contribution >= 4 is 57.6 Å². The monoisotopic (exact) mass is 604 g/mol. The van der Waals surface area contributed by atoms with Crippen LogP contribution in [0.4, 0.5) is 4.39 Å². The van der Waals surface area contributed by atoms with Crippen molar-refractivity contribution in [2.24, 2.45) is 11.3 Å². The number of benzene rings is 2. The Hall–Kier alpha value is -1.38. The molecule has 0 heterocycles. The molecule has 1 saturated carbocycles. The van der Waals surface area contributed by atoms with Crippen molar-refractivity contribution in [2.75, 3.05) is 6.54 Å². The first-order valence-electron chi connectivity index (χ1n) is 11.1. The minimum atomic E-state index is -1.10. The standard InChI is InChI=1S/C25H28Cl2FIN2O2/c1-3-16(15-30-22(32)17-9-5-4-6-10-17)23(33)31-25(29,24(2)13-7-8-14-24)20-19(28)12-11-18(26)21(20)27/h4-6,9-12,16H,3,7-8,13-15H2,1-2H3,(H,30,32)(H,31,33)/t16-,25+/m0/s1. The highest BCUT2D eigenvalue weighted by molar-refractivity contribution is 14.1. The van der Waals surface area contributed by atoms with Gasteiger partial charge in [0.25, 0.3) is 5.91 Å². The van der Waals surface area contributed by atoms with Gasteiger partial charge in [-0.15, -0.1) is 0 Å². The lowest BCUT2D eigenvalue weighted by atomic mass is 9.76. The van der Waals surface area contributed by atoms with Gasteiger partial charge >= 0.3 is 0 Å². The highest BCUT2D eigenvalue weighted by atomic mass is 127. The molecule has 0 aliphatic heterocycles. The average molecular weight is 605 g/mol. The van der Waals surface area contributed by atoms with Crippen molar-refractivity contribution in [2.45, 2.75) is 49.5 Å². The number of carbonyl (C=O) groups is 2. The fourth-order valence-corrected chi connectivity index (χ4v) is 6.40. The fourth-order valence-electron chi connectivity index (χ4n) is 4.46. The predicted octanol–water partition coefficient (Wildman–Crippen LogP) is 6.87. The van der Waals surface area contributed by atoms with Gasteiger partial charge in [-0.05, 0) is 66.1 Å². The van der Waals surface area contributed by atoms with E-state index in [2.05, 4.69) is 40.1 Å². The van der Waals surface area contributed by atoms with E-state index in [1.165, 1.54) is 12.1 Å². The van der Waals surface area contributed by atoms with Crippen LogP contribution >= 0.6 is 45.8 Å². The van der Waals surface area contributed by atoms with Gasteiger partial charge in [-0.3, -0.25) is 9.59 Å². The number of hydrogen-bond acceptors (Lipinski definition) is 2. The van der Waals surface area contributed by atoms with Crippen LogP contribution in [0.1, 0.15) is 61.9 Å². The van der Waals surface area contributed by atoms with Gasteiger partial charge in [-0.2, -0.15) is 0 Å². The summed E-state index contributed by atoms with van der Waals surface area (Å²) in [6.07, 6.45) is 4.12. The zero-order chi connectivity index (χ0) is 24.2. The number of nitrogens with one attached hydrogen (secondary N) is 2. The molecule has 2 amide bonds. The zero-order valence-electron chi connectivity index (χ0n) is 18.7. The largest absolute Gasteiger partial charge is 0.351 e. The molecule has 178 valence electrons. The van der Waals surface area contributed by atoms with Crippen LogP contribution in [0.5, 0.6) is 0 Å². The Bertz CT molecular complexity index is 1010. The third-order valence-electron chi connectivity index (χ3n) is 6.63. The van der Waals surface area contributed by atoms with E-state index >= 15 is 4.39 Å². The van der Waals surface area contributed by atoms with E-state index in [4.69, 9.17) is 23.2 Å². The molecule has 2 aromatic rings. The van der Waals surface area contributed by atoms with E-state index in [-0.39, 0.29) is 34.0 Å². The van der Waals surface area contributed by atoms with E-state index in [0.717, 1.165) is 25.7 Å². The van der Waals surface area contributed by atoms with Crippen LogP contribution in [-0.4, -0.2) is 18.4 Å². The highest BCUT2D eigenvalue weighted by Crippen LogP contribution is 2.57. The molecule has 3 rings (SSSR count). The molecule has 2 atom stereocenters. The fraction of sp³-hybridized carbons (Fsp3) is 0.440. The topological polar surface area (TPSA) is 58.2 Å². The third-order valence-corrected chi connectivity index (χ3v) is 9.55. The molecule has 0 spiro atoms. The molecule has 33 heavy (non-hydrogen) atoms. The van der Waals surface area contributed by atoms with E-state index in [9.17, 15) is 9.59 Å². The SMILES string of the molecule is CC[C@@H](CNC(=O)c1ccccc1)C(=O)N[C@](I)(c1c(F)ccc(Cl)c1Cl)C1(C)CCCC1. The minimum Gasteiger partial charge on any atom is -0.351 e. The lowest BCUT2D eigenvalue weighted by molar-refractivity contribution is -0.127. The van der Waals surface area contributed by atoms with Gasteiger partial charge in [-0.25, -0.2) is 4.39 Å². The number of halogens is 4. The molecule has 1 aliphatic carbocycles.